The van der Waals surface area contributed by atoms with Crippen LogP contribution in [0.15, 0.2) is 84.9 Å². The van der Waals surface area contributed by atoms with Gasteiger partial charge in [0.15, 0.2) is 0 Å². The Kier molecular flexibility index (Phi) is 5.50. The zero-order valence-corrected chi connectivity index (χ0v) is 16.5. The monoisotopic (exact) mass is 387 g/mol. The summed E-state index contributed by atoms with van der Waals surface area (Å²) in [5.41, 5.74) is 4.61. The van der Waals surface area contributed by atoms with Crippen molar-refractivity contribution in [2.24, 2.45) is 0 Å². The molecule has 0 aromatic heterocycles. The molecule has 4 aromatic carbocycles. The largest absolute Gasteiger partial charge is 0.487 e. The number of aryl methyl sites for hydroxylation is 1. The van der Waals surface area contributed by atoms with Crippen LogP contribution < -0.4 is 10.1 Å². The van der Waals surface area contributed by atoms with Gasteiger partial charge in [0.2, 0.25) is 0 Å². The second-order valence-corrected chi connectivity index (χ2v) is 7.32. The van der Waals surface area contributed by atoms with Crippen molar-refractivity contribution in [2.75, 3.05) is 5.32 Å². The second kappa shape index (κ2) is 8.37. The smallest absolute Gasteiger partial charge is 0.138 e. The highest BCUT2D eigenvalue weighted by molar-refractivity contribution is 6.32. The predicted molar refractivity (Wildman–Crippen MR) is 118 cm³/mol. The molecule has 0 saturated heterocycles. The van der Waals surface area contributed by atoms with E-state index in [0.717, 1.165) is 16.8 Å². The first-order valence-corrected chi connectivity index (χ1v) is 9.75. The van der Waals surface area contributed by atoms with Crippen molar-refractivity contribution in [3.05, 3.63) is 107 Å². The Morgan fingerprint density at radius 3 is 2.54 bits per heavy atom. The highest BCUT2D eigenvalue weighted by atomic mass is 35.5. The third-order valence-electron chi connectivity index (χ3n) is 4.77. The van der Waals surface area contributed by atoms with Crippen molar-refractivity contribution in [3.8, 4) is 5.75 Å². The molecule has 0 aliphatic rings. The van der Waals surface area contributed by atoms with Gasteiger partial charge in [0.05, 0.1) is 5.02 Å². The summed E-state index contributed by atoms with van der Waals surface area (Å²) >= 11 is 6.47. The fourth-order valence-corrected chi connectivity index (χ4v) is 3.56. The lowest BCUT2D eigenvalue weighted by Gasteiger charge is -2.12. The summed E-state index contributed by atoms with van der Waals surface area (Å²) in [7, 11) is 0. The van der Waals surface area contributed by atoms with Gasteiger partial charge in [0.1, 0.15) is 12.4 Å². The van der Waals surface area contributed by atoms with E-state index in [1.165, 1.54) is 16.3 Å². The van der Waals surface area contributed by atoms with Gasteiger partial charge in [-0.2, -0.15) is 0 Å². The molecule has 1 N–H and O–H groups in total. The number of fused-ring (bicyclic) bond motifs is 1. The van der Waals surface area contributed by atoms with Crippen molar-refractivity contribution in [3.63, 3.8) is 0 Å². The lowest BCUT2D eigenvalue weighted by atomic mass is 10.1. The summed E-state index contributed by atoms with van der Waals surface area (Å²) in [4.78, 5) is 0. The zero-order chi connectivity index (χ0) is 19.3. The number of hydrogen-bond donors (Lipinski definition) is 1. The molecule has 0 amide bonds. The predicted octanol–water partition coefficient (Wildman–Crippen LogP) is 6.99. The van der Waals surface area contributed by atoms with E-state index < -0.39 is 0 Å². The highest BCUT2D eigenvalue weighted by Crippen LogP contribution is 2.28. The van der Waals surface area contributed by atoms with Gasteiger partial charge in [0, 0.05) is 12.2 Å². The Morgan fingerprint density at radius 1 is 0.857 bits per heavy atom. The molecule has 2 nitrogen and oxygen atoms in total. The Hall–Kier alpha value is -2.97. The Labute approximate surface area is 170 Å². The van der Waals surface area contributed by atoms with Crippen LogP contribution in [0.4, 0.5) is 5.69 Å². The molecule has 140 valence electrons. The molecule has 0 heterocycles. The fraction of sp³-hybridized carbons (Fsp3) is 0.120. The molecule has 4 aromatic rings. The van der Waals surface area contributed by atoms with E-state index in [0.29, 0.717) is 23.9 Å². The molecular formula is C25H22ClNO. The molecule has 0 radical (unpaired) electrons. The molecule has 0 atom stereocenters. The van der Waals surface area contributed by atoms with Gasteiger partial charge in [0.25, 0.3) is 0 Å². The van der Waals surface area contributed by atoms with E-state index >= 15 is 0 Å². The molecule has 0 aliphatic carbocycles. The Morgan fingerprint density at radius 2 is 1.68 bits per heavy atom. The van der Waals surface area contributed by atoms with Crippen molar-refractivity contribution >= 4 is 28.1 Å². The maximum absolute atomic E-state index is 6.47. The standard InChI is InChI=1S/C25H22ClNO/c1-18-6-4-10-22(14-18)27-16-19-12-13-25(24(26)15-19)28-17-21-9-5-8-20-7-2-3-11-23(20)21/h2-15,27H,16-17H2,1H3. The first-order chi connectivity index (χ1) is 13.7. The van der Waals surface area contributed by atoms with Crippen molar-refractivity contribution in [2.45, 2.75) is 20.1 Å². The fourth-order valence-electron chi connectivity index (χ4n) is 3.30. The minimum Gasteiger partial charge on any atom is -0.487 e. The third kappa shape index (κ3) is 4.29. The number of halogens is 1. The quantitative estimate of drug-likeness (QED) is 0.384. The molecule has 0 saturated carbocycles. The van der Waals surface area contributed by atoms with Crippen LogP contribution in [0.3, 0.4) is 0 Å². The van der Waals surface area contributed by atoms with Gasteiger partial charge in [-0.15, -0.1) is 0 Å². The van der Waals surface area contributed by atoms with E-state index in [-0.39, 0.29) is 0 Å². The Bertz CT molecular complexity index is 1100. The molecule has 0 unspecified atom stereocenters. The molecule has 0 spiro atoms. The second-order valence-electron chi connectivity index (χ2n) is 6.91. The van der Waals surface area contributed by atoms with Gasteiger partial charge in [-0.25, -0.2) is 0 Å². The summed E-state index contributed by atoms with van der Waals surface area (Å²) in [6.07, 6.45) is 0. The number of ether oxygens (including phenoxy) is 1. The SMILES string of the molecule is Cc1cccc(NCc2ccc(OCc3cccc4ccccc34)c(Cl)c2)c1. The van der Waals surface area contributed by atoms with E-state index in [1.54, 1.807) is 0 Å². The molecule has 4 rings (SSSR count). The first kappa shape index (κ1) is 18.4. The van der Waals surface area contributed by atoms with E-state index in [9.17, 15) is 0 Å². The average molecular weight is 388 g/mol. The van der Waals surface area contributed by atoms with Crippen LogP contribution in [0.5, 0.6) is 5.75 Å². The van der Waals surface area contributed by atoms with Gasteiger partial charge in [-0.05, 0) is 58.7 Å². The minimum absolute atomic E-state index is 0.488. The number of anilines is 1. The number of hydrogen-bond acceptors (Lipinski definition) is 2. The van der Waals surface area contributed by atoms with Gasteiger partial charge < -0.3 is 10.1 Å². The number of rotatable bonds is 6. The Balaban J connectivity index is 1.43. The molecule has 0 bridgehead atoms. The first-order valence-electron chi connectivity index (χ1n) is 9.37. The lowest BCUT2D eigenvalue weighted by Crippen LogP contribution is -2.01. The maximum atomic E-state index is 6.47. The van der Waals surface area contributed by atoms with Crippen molar-refractivity contribution in [1.29, 1.82) is 0 Å². The van der Waals surface area contributed by atoms with Crippen LogP contribution in [0.25, 0.3) is 10.8 Å². The van der Waals surface area contributed by atoms with E-state index in [4.69, 9.17) is 16.3 Å². The molecule has 0 aliphatic heterocycles. The lowest BCUT2D eigenvalue weighted by molar-refractivity contribution is 0.308. The van der Waals surface area contributed by atoms with Gasteiger partial charge in [-0.3, -0.25) is 0 Å². The number of nitrogens with one attached hydrogen (secondary N) is 1. The van der Waals surface area contributed by atoms with Crippen LogP contribution in [0, 0.1) is 6.92 Å². The van der Waals surface area contributed by atoms with E-state index in [2.05, 4.69) is 72.9 Å². The highest BCUT2D eigenvalue weighted by Gasteiger charge is 2.06. The van der Waals surface area contributed by atoms with Crippen LogP contribution in [-0.4, -0.2) is 0 Å². The normalized spacial score (nSPS) is 10.8. The zero-order valence-electron chi connectivity index (χ0n) is 15.8. The summed E-state index contributed by atoms with van der Waals surface area (Å²) in [6, 6.07) is 28.9. The third-order valence-corrected chi connectivity index (χ3v) is 5.07. The molecule has 28 heavy (non-hydrogen) atoms. The van der Waals surface area contributed by atoms with Crippen LogP contribution >= 0.6 is 11.6 Å². The summed E-state index contributed by atoms with van der Waals surface area (Å²) in [5.74, 6) is 0.703. The molecule has 0 fully saturated rings. The average Bonchev–Trinajstić information content (AvgIpc) is 2.71. The van der Waals surface area contributed by atoms with E-state index in [1.807, 2.05) is 24.3 Å². The van der Waals surface area contributed by atoms with Crippen LogP contribution in [0.1, 0.15) is 16.7 Å². The molecule has 3 heteroatoms. The van der Waals surface area contributed by atoms with Gasteiger partial charge >= 0.3 is 0 Å². The topological polar surface area (TPSA) is 21.3 Å². The minimum atomic E-state index is 0.488. The maximum Gasteiger partial charge on any atom is 0.138 e. The summed E-state index contributed by atoms with van der Waals surface area (Å²) in [6.45, 7) is 3.29. The summed E-state index contributed by atoms with van der Waals surface area (Å²) in [5, 5.41) is 6.48. The van der Waals surface area contributed by atoms with Crippen LogP contribution in [-0.2, 0) is 13.2 Å². The number of benzene rings is 4. The van der Waals surface area contributed by atoms with Crippen molar-refractivity contribution < 1.29 is 4.74 Å². The van der Waals surface area contributed by atoms with Gasteiger partial charge in [-0.1, -0.05) is 72.3 Å². The summed E-state index contributed by atoms with van der Waals surface area (Å²) < 4.78 is 6.01. The van der Waals surface area contributed by atoms with Crippen LogP contribution in [0.2, 0.25) is 5.02 Å². The molecular weight excluding hydrogens is 366 g/mol. The van der Waals surface area contributed by atoms with Crippen molar-refractivity contribution in [1.82, 2.24) is 0 Å².